The third-order valence-electron chi connectivity index (χ3n) is 2.64. The molecule has 0 saturated heterocycles. The molecule has 6 N–H and O–H groups in total. The zero-order valence-corrected chi connectivity index (χ0v) is 18.0. The van der Waals surface area contributed by atoms with Crippen molar-refractivity contribution in [2.24, 2.45) is 21.5 Å². The molecule has 0 aliphatic carbocycles. The minimum Gasteiger partial charge on any atom is -0.370 e. The summed E-state index contributed by atoms with van der Waals surface area (Å²) in [7, 11) is 0. The molecule has 0 fully saturated rings. The molecule has 0 spiro atoms. The van der Waals surface area contributed by atoms with Gasteiger partial charge < -0.3 is 22.1 Å². The first kappa shape index (κ1) is 24.5. The fourth-order valence-corrected chi connectivity index (χ4v) is 1.82. The second kappa shape index (κ2) is 11.8. The zero-order chi connectivity index (χ0) is 17.2. The number of nitrogens with zero attached hydrogens (tertiary/aromatic N) is 2. The van der Waals surface area contributed by atoms with Crippen LogP contribution in [-0.4, -0.2) is 36.1 Å². The second-order valence-corrected chi connectivity index (χ2v) is 7.70. The number of nitrogens with two attached hydrogens (primary N) is 2. The molecule has 0 heterocycles. The fraction of sp³-hybridized carbons (Fsp3) is 0.875. The maximum absolute atomic E-state index is 5.81. The normalized spacial score (nSPS) is 13.5. The second-order valence-electron chi connectivity index (χ2n) is 7.70. The van der Waals surface area contributed by atoms with Crippen LogP contribution < -0.4 is 22.1 Å². The predicted molar refractivity (Wildman–Crippen MR) is 113 cm³/mol. The largest absolute Gasteiger partial charge is 0.370 e. The molecule has 138 valence electrons. The molecule has 7 heteroatoms. The van der Waals surface area contributed by atoms with E-state index in [-0.39, 0.29) is 35.1 Å². The van der Waals surface area contributed by atoms with Crippen molar-refractivity contribution in [3.8, 4) is 0 Å². The van der Waals surface area contributed by atoms with E-state index in [1.165, 1.54) is 0 Å². The minimum atomic E-state index is -0.0351. The van der Waals surface area contributed by atoms with Gasteiger partial charge in [0, 0.05) is 24.2 Å². The Morgan fingerprint density at radius 1 is 0.696 bits per heavy atom. The summed E-state index contributed by atoms with van der Waals surface area (Å²) in [6.45, 7) is 13.9. The molecule has 0 saturated carbocycles. The first-order valence-corrected chi connectivity index (χ1v) is 8.16. The highest BCUT2D eigenvalue weighted by atomic mass is 127. The lowest BCUT2D eigenvalue weighted by Gasteiger charge is -2.21. The number of nitrogens with one attached hydrogen (secondary N) is 2. The average molecular weight is 440 g/mol. The molecule has 0 rings (SSSR count). The Labute approximate surface area is 159 Å². The van der Waals surface area contributed by atoms with Crippen molar-refractivity contribution >= 4 is 35.9 Å². The molecule has 0 aromatic heterocycles. The third-order valence-corrected chi connectivity index (χ3v) is 2.64. The Morgan fingerprint density at radius 2 is 1.00 bits per heavy atom. The molecule has 0 aliphatic heterocycles. The Balaban J connectivity index is 0. The van der Waals surface area contributed by atoms with Gasteiger partial charge in [0.15, 0.2) is 11.9 Å². The molecule has 0 amide bonds. The van der Waals surface area contributed by atoms with Crippen LogP contribution in [0.3, 0.4) is 0 Å². The minimum absolute atomic E-state index is 0. The summed E-state index contributed by atoms with van der Waals surface area (Å²) in [5.74, 6) is 1.05. The van der Waals surface area contributed by atoms with E-state index in [1.54, 1.807) is 0 Å². The van der Waals surface area contributed by atoms with Crippen LogP contribution in [0.4, 0.5) is 0 Å². The lowest BCUT2D eigenvalue weighted by Crippen LogP contribution is -2.45. The van der Waals surface area contributed by atoms with Gasteiger partial charge in [0.1, 0.15) is 0 Å². The van der Waals surface area contributed by atoms with E-state index in [0.717, 1.165) is 38.8 Å². The van der Waals surface area contributed by atoms with Gasteiger partial charge in [-0.1, -0.05) is 12.8 Å². The van der Waals surface area contributed by atoms with Crippen LogP contribution in [0.5, 0.6) is 0 Å². The number of aliphatic imine (C=N–C) groups is 2. The molecule has 0 aliphatic rings. The average Bonchev–Trinajstić information content (AvgIpc) is 2.27. The van der Waals surface area contributed by atoms with Crippen molar-refractivity contribution in [2.45, 2.75) is 78.3 Å². The molecule has 0 atom stereocenters. The molecule has 0 aromatic rings. The molecular weight excluding hydrogens is 403 g/mol. The topological polar surface area (TPSA) is 101 Å². The van der Waals surface area contributed by atoms with Gasteiger partial charge >= 0.3 is 0 Å². The van der Waals surface area contributed by atoms with E-state index >= 15 is 0 Å². The SMILES string of the molecule is CC(C)(C)NC(N)=NCCCCCCN=C(N)NC(C)(C)C.I. The summed E-state index contributed by atoms with van der Waals surface area (Å²) >= 11 is 0. The van der Waals surface area contributed by atoms with Crippen LogP contribution in [0.25, 0.3) is 0 Å². The Morgan fingerprint density at radius 3 is 1.26 bits per heavy atom. The van der Waals surface area contributed by atoms with Gasteiger partial charge in [0.25, 0.3) is 0 Å². The van der Waals surface area contributed by atoms with Crippen molar-refractivity contribution in [2.75, 3.05) is 13.1 Å². The van der Waals surface area contributed by atoms with Crippen molar-refractivity contribution in [1.29, 1.82) is 0 Å². The van der Waals surface area contributed by atoms with Crippen molar-refractivity contribution < 1.29 is 0 Å². The van der Waals surface area contributed by atoms with Crippen molar-refractivity contribution in [3.05, 3.63) is 0 Å². The number of guanidine groups is 2. The van der Waals surface area contributed by atoms with Gasteiger partial charge in [-0.15, -0.1) is 24.0 Å². The van der Waals surface area contributed by atoms with Crippen molar-refractivity contribution in [3.63, 3.8) is 0 Å². The Kier molecular flexibility index (Phi) is 12.5. The maximum atomic E-state index is 5.81. The monoisotopic (exact) mass is 440 g/mol. The molecule has 0 radical (unpaired) electrons. The quantitative estimate of drug-likeness (QED) is 0.212. The van der Waals surface area contributed by atoms with E-state index in [9.17, 15) is 0 Å². The first-order chi connectivity index (χ1) is 9.99. The highest BCUT2D eigenvalue weighted by molar-refractivity contribution is 14.0. The summed E-state index contributed by atoms with van der Waals surface area (Å²) in [5, 5.41) is 6.30. The summed E-state index contributed by atoms with van der Waals surface area (Å²) in [6, 6.07) is 0. The highest BCUT2D eigenvalue weighted by Gasteiger charge is 2.10. The molecule has 0 unspecified atom stereocenters. The summed E-state index contributed by atoms with van der Waals surface area (Å²) in [5.41, 5.74) is 11.5. The van der Waals surface area contributed by atoms with Crippen LogP contribution in [0, 0.1) is 0 Å². The van der Waals surface area contributed by atoms with Crippen LogP contribution >= 0.6 is 24.0 Å². The number of hydrogen-bond acceptors (Lipinski definition) is 2. The number of unbranched alkanes of at least 4 members (excludes halogenated alkanes) is 3. The number of rotatable bonds is 7. The van der Waals surface area contributed by atoms with E-state index in [0.29, 0.717) is 11.9 Å². The maximum Gasteiger partial charge on any atom is 0.188 e. The first-order valence-electron chi connectivity index (χ1n) is 8.16. The van der Waals surface area contributed by atoms with E-state index < -0.39 is 0 Å². The van der Waals surface area contributed by atoms with Crippen LogP contribution in [-0.2, 0) is 0 Å². The standard InChI is InChI=1S/C16H36N6.HI/c1-15(2,3)21-13(17)19-11-9-7-8-10-12-20-14(18)22-16(4,5)6;/h7-12H2,1-6H3,(H3,17,19,21)(H3,18,20,22);1H. The molecular formula is C16H37IN6. The van der Waals surface area contributed by atoms with E-state index in [1.807, 2.05) is 0 Å². The molecule has 0 aromatic carbocycles. The van der Waals surface area contributed by atoms with E-state index in [2.05, 4.69) is 62.2 Å². The summed E-state index contributed by atoms with van der Waals surface area (Å²) < 4.78 is 0. The smallest absolute Gasteiger partial charge is 0.188 e. The van der Waals surface area contributed by atoms with Gasteiger partial charge in [0.05, 0.1) is 0 Å². The van der Waals surface area contributed by atoms with Crippen molar-refractivity contribution in [1.82, 2.24) is 10.6 Å². The third kappa shape index (κ3) is 19.2. The highest BCUT2D eigenvalue weighted by Crippen LogP contribution is 2.02. The van der Waals surface area contributed by atoms with Gasteiger partial charge in [-0.2, -0.15) is 0 Å². The molecule has 23 heavy (non-hydrogen) atoms. The van der Waals surface area contributed by atoms with Gasteiger partial charge in [0.2, 0.25) is 0 Å². The number of hydrogen-bond donors (Lipinski definition) is 4. The van der Waals surface area contributed by atoms with Gasteiger partial charge in [-0.3, -0.25) is 9.98 Å². The lowest BCUT2D eigenvalue weighted by molar-refractivity contribution is 0.506. The van der Waals surface area contributed by atoms with Crippen LogP contribution in [0.15, 0.2) is 9.98 Å². The fourth-order valence-electron chi connectivity index (χ4n) is 1.82. The number of halogens is 1. The van der Waals surface area contributed by atoms with Crippen LogP contribution in [0.2, 0.25) is 0 Å². The summed E-state index contributed by atoms with van der Waals surface area (Å²) in [6.07, 6.45) is 4.36. The van der Waals surface area contributed by atoms with Gasteiger partial charge in [-0.25, -0.2) is 0 Å². The van der Waals surface area contributed by atoms with E-state index in [4.69, 9.17) is 11.5 Å². The lowest BCUT2D eigenvalue weighted by atomic mass is 10.1. The Bertz CT molecular complexity index is 330. The van der Waals surface area contributed by atoms with Crippen LogP contribution in [0.1, 0.15) is 67.2 Å². The predicted octanol–water partition coefficient (Wildman–Crippen LogP) is 2.57. The molecule has 0 bridgehead atoms. The Hall–Kier alpha value is -0.730. The molecule has 6 nitrogen and oxygen atoms in total. The zero-order valence-electron chi connectivity index (χ0n) is 15.7. The van der Waals surface area contributed by atoms with Gasteiger partial charge in [-0.05, 0) is 54.4 Å². The summed E-state index contributed by atoms with van der Waals surface area (Å²) in [4.78, 5) is 8.64.